The first-order valence-corrected chi connectivity index (χ1v) is 9.18. The zero-order valence-corrected chi connectivity index (χ0v) is 16.3. The molecule has 4 rings (SSSR count). The van der Waals surface area contributed by atoms with E-state index in [9.17, 15) is 4.79 Å². The molecule has 3 aromatic heterocycles. The second kappa shape index (κ2) is 6.96. The molecule has 1 amide bonds. The SMILES string of the molecule is CCn1c(-c2cc(NC(=O)c3ccc(Br)o3)n[nH]2)cc2ccc(OC)cc21. The minimum Gasteiger partial charge on any atom is -0.497 e. The summed E-state index contributed by atoms with van der Waals surface area (Å²) in [4.78, 5) is 12.2. The zero-order chi connectivity index (χ0) is 19.0. The van der Waals surface area contributed by atoms with E-state index in [1.165, 1.54) is 0 Å². The number of carbonyl (C=O) groups excluding carboxylic acids is 1. The quantitative estimate of drug-likeness (QED) is 0.483. The van der Waals surface area contributed by atoms with Crippen molar-refractivity contribution in [3.8, 4) is 17.1 Å². The van der Waals surface area contributed by atoms with Crippen molar-refractivity contribution < 1.29 is 13.9 Å². The summed E-state index contributed by atoms with van der Waals surface area (Å²) in [7, 11) is 1.66. The molecule has 0 saturated heterocycles. The Labute approximate surface area is 163 Å². The molecule has 3 heterocycles. The Morgan fingerprint density at radius 1 is 1.30 bits per heavy atom. The van der Waals surface area contributed by atoms with Gasteiger partial charge in [0.25, 0.3) is 5.91 Å². The molecule has 1 aromatic carbocycles. The number of amides is 1. The maximum atomic E-state index is 12.2. The van der Waals surface area contributed by atoms with E-state index in [0.717, 1.165) is 34.6 Å². The number of anilines is 1. The average Bonchev–Trinajstić information content (AvgIpc) is 3.38. The van der Waals surface area contributed by atoms with Crippen molar-refractivity contribution in [2.75, 3.05) is 12.4 Å². The molecule has 0 bridgehead atoms. The Morgan fingerprint density at radius 2 is 2.15 bits per heavy atom. The van der Waals surface area contributed by atoms with Crippen LogP contribution in [0.15, 0.2) is 51.6 Å². The standard InChI is InChI=1S/C19H17BrN4O3/c1-3-24-14-9-12(26-2)5-4-11(14)8-15(24)13-10-18(23-22-13)21-19(25)16-6-7-17(20)27-16/h4-10H,3H2,1-2H3,(H2,21,22,23,25). The second-order valence-corrected chi connectivity index (χ2v) is 6.70. The number of methoxy groups -OCH3 is 1. The molecule has 0 spiro atoms. The van der Waals surface area contributed by atoms with Crippen molar-refractivity contribution in [3.63, 3.8) is 0 Å². The van der Waals surface area contributed by atoms with Crippen LogP contribution in [0.2, 0.25) is 0 Å². The summed E-state index contributed by atoms with van der Waals surface area (Å²) < 4.78 is 13.3. The minimum atomic E-state index is -0.362. The number of carbonyl (C=O) groups is 1. The fraction of sp³-hybridized carbons (Fsp3) is 0.158. The van der Waals surface area contributed by atoms with E-state index in [1.54, 1.807) is 25.3 Å². The molecule has 0 aliphatic carbocycles. The number of hydrogen-bond acceptors (Lipinski definition) is 4. The third-order valence-corrected chi connectivity index (χ3v) is 4.75. The van der Waals surface area contributed by atoms with Crippen LogP contribution in [-0.4, -0.2) is 27.8 Å². The lowest BCUT2D eigenvalue weighted by Crippen LogP contribution is -2.10. The van der Waals surface area contributed by atoms with Gasteiger partial charge in [0, 0.05) is 24.1 Å². The topological polar surface area (TPSA) is 85.1 Å². The Bertz CT molecular complexity index is 1130. The zero-order valence-electron chi connectivity index (χ0n) is 14.7. The fourth-order valence-corrected chi connectivity index (χ4v) is 3.36. The summed E-state index contributed by atoms with van der Waals surface area (Å²) in [5, 5.41) is 11.0. The summed E-state index contributed by atoms with van der Waals surface area (Å²) in [5.74, 6) is 1.08. The third-order valence-electron chi connectivity index (χ3n) is 4.32. The lowest BCUT2D eigenvalue weighted by molar-refractivity contribution is 0.0995. The van der Waals surface area contributed by atoms with Crippen LogP contribution in [-0.2, 0) is 6.54 Å². The van der Waals surface area contributed by atoms with Crippen molar-refractivity contribution in [1.82, 2.24) is 14.8 Å². The van der Waals surface area contributed by atoms with Crippen molar-refractivity contribution in [3.05, 3.63) is 52.9 Å². The number of halogens is 1. The monoisotopic (exact) mass is 428 g/mol. The molecule has 0 atom stereocenters. The van der Waals surface area contributed by atoms with Crippen LogP contribution in [0.4, 0.5) is 5.82 Å². The van der Waals surface area contributed by atoms with Gasteiger partial charge in [0.05, 0.1) is 24.0 Å². The van der Waals surface area contributed by atoms with Crippen LogP contribution in [0, 0.1) is 0 Å². The number of rotatable bonds is 5. The van der Waals surface area contributed by atoms with Crippen LogP contribution in [0.5, 0.6) is 5.75 Å². The van der Waals surface area contributed by atoms with Gasteiger partial charge in [-0.2, -0.15) is 5.10 Å². The maximum Gasteiger partial charge on any atom is 0.292 e. The first-order valence-electron chi connectivity index (χ1n) is 8.38. The summed E-state index contributed by atoms with van der Waals surface area (Å²) in [5.41, 5.74) is 2.87. The van der Waals surface area contributed by atoms with Crippen molar-refractivity contribution >= 4 is 38.6 Å². The highest BCUT2D eigenvalue weighted by molar-refractivity contribution is 9.10. The number of ether oxygens (including phenoxy) is 1. The number of nitrogens with zero attached hydrogens (tertiary/aromatic N) is 2. The number of hydrogen-bond donors (Lipinski definition) is 2. The van der Waals surface area contributed by atoms with Gasteiger partial charge in [0.15, 0.2) is 16.2 Å². The molecule has 27 heavy (non-hydrogen) atoms. The Balaban J connectivity index is 1.65. The maximum absolute atomic E-state index is 12.2. The van der Waals surface area contributed by atoms with E-state index in [0.29, 0.717) is 10.5 Å². The van der Waals surface area contributed by atoms with E-state index in [1.807, 2.05) is 18.2 Å². The molecule has 0 fully saturated rings. The van der Waals surface area contributed by atoms with Gasteiger partial charge in [-0.1, -0.05) is 0 Å². The number of benzene rings is 1. The van der Waals surface area contributed by atoms with Gasteiger partial charge in [-0.25, -0.2) is 0 Å². The highest BCUT2D eigenvalue weighted by Crippen LogP contribution is 2.30. The van der Waals surface area contributed by atoms with E-state index < -0.39 is 0 Å². The van der Waals surface area contributed by atoms with Crippen molar-refractivity contribution in [2.24, 2.45) is 0 Å². The van der Waals surface area contributed by atoms with Gasteiger partial charge in [-0.05, 0) is 53.2 Å². The average molecular weight is 429 g/mol. The van der Waals surface area contributed by atoms with E-state index in [2.05, 4.69) is 49.0 Å². The molecular weight excluding hydrogens is 412 g/mol. The van der Waals surface area contributed by atoms with Crippen LogP contribution < -0.4 is 10.1 Å². The Morgan fingerprint density at radius 3 is 2.85 bits per heavy atom. The number of nitrogens with one attached hydrogen (secondary N) is 2. The highest BCUT2D eigenvalue weighted by atomic mass is 79.9. The molecule has 7 nitrogen and oxygen atoms in total. The number of aromatic amines is 1. The highest BCUT2D eigenvalue weighted by Gasteiger charge is 2.16. The first kappa shape index (κ1) is 17.4. The predicted octanol–water partition coefficient (Wildman–Crippen LogP) is 4.67. The molecule has 2 N–H and O–H groups in total. The van der Waals surface area contributed by atoms with E-state index in [-0.39, 0.29) is 11.7 Å². The van der Waals surface area contributed by atoms with Crippen LogP contribution >= 0.6 is 15.9 Å². The van der Waals surface area contributed by atoms with Gasteiger partial charge in [0.2, 0.25) is 0 Å². The van der Waals surface area contributed by atoms with Gasteiger partial charge in [-0.3, -0.25) is 9.89 Å². The molecule has 138 valence electrons. The van der Waals surface area contributed by atoms with Gasteiger partial charge in [0.1, 0.15) is 5.75 Å². The molecule has 8 heteroatoms. The van der Waals surface area contributed by atoms with Crippen LogP contribution in [0.3, 0.4) is 0 Å². The third kappa shape index (κ3) is 3.23. The summed E-state index contributed by atoms with van der Waals surface area (Å²) in [6, 6.07) is 13.1. The van der Waals surface area contributed by atoms with E-state index in [4.69, 9.17) is 9.15 Å². The lowest BCUT2D eigenvalue weighted by atomic mass is 10.2. The smallest absolute Gasteiger partial charge is 0.292 e. The molecule has 4 aromatic rings. The summed E-state index contributed by atoms with van der Waals surface area (Å²) in [6.07, 6.45) is 0. The Kier molecular flexibility index (Phi) is 4.49. The number of fused-ring (bicyclic) bond motifs is 1. The predicted molar refractivity (Wildman–Crippen MR) is 106 cm³/mol. The van der Waals surface area contributed by atoms with E-state index >= 15 is 0 Å². The normalized spacial score (nSPS) is 11.1. The van der Waals surface area contributed by atoms with Crippen LogP contribution in [0.25, 0.3) is 22.3 Å². The molecule has 0 saturated carbocycles. The Hall–Kier alpha value is -3.00. The largest absolute Gasteiger partial charge is 0.497 e. The summed E-state index contributed by atoms with van der Waals surface area (Å²) >= 11 is 3.18. The second-order valence-electron chi connectivity index (χ2n) is 5.92. The van der Waals surface area contributed by atoms with Crippen molar-refractivity contribution in [1.29, 1.82) is 0 Å². The van der Waals surface area contributed by atoms with Gasteiger partial charge < -0.3 is 19.0 Å². The number of furan rings is 1. The van der Waals surface area contributed by atoms with Gasteiger partial charge >= 0.3 is 0 Å². The molecule has 0 unspecified atom stereocenters. The molecule has 0 aliphatic heterocycles. The fourth-order valence-electron chi connectivity index (χ4n) is 3.06. The lowest BCUT2D eigenvalue weighted by Gasteiger charge is -2.07. The van der Waals surface area contributed by atoms with Gasteiger partial charge in [-0.15, -0.1) is 0 Å². The number of H-pyrrole nitrogens is 1. The number of aryl methyl sites for hydroxylation is 1. The minimum absolute atomic E-state index is 0.209. The van der Waals surface area contributed by atoms with Crippen molar-refractivity contribution in [2.45, 2.75) is 13.5 Å². The molecule has 0 aliphatic rings. The van der Waals surface area contributed by atoms with Crippen LogP contribution in [0.1, 0.15) is 17.5 Å². The summed E-state index contributed by atoms with van der Waals surface area (Å²) in [6.45, 7) is 2.86. The molecule has 0 radical (unpaired) electrons. The number of aromatic nitrogens is 3. The first-order chi connectivity index (χ1) is 13.1. The molecular formula is C19H17BrN4O3.